The van der Waals surface area contributed by atoms with E-state index in [1.165, 1.54) is 16.9 Å². The van der Waals surface area contributed by atoms with Gasteiger partial charge in [-0.15, -0.1) is 11.3 Å². The molecule has 0 radical (unpaired) electrons. The number of hydrogen-bond acceptors (Lipinski definition) is 7. The molecule has 1 aliphatic rings. The Labute approximate surface area is 121 Å². The number of ether oxygens (including phenoxy) is 1. The quantitative estimate of drug-likeness (QED) is 0.813. The SMILES string of the molecule is COC(=O)c1ncsc1S(=O)(=O)N1CCC(C)(O)CC1. The normalized spacial score (nSPS) is 19.8. The summed E-state index contributed by atoms with van der Waals surface area (Å²) in [5, 5.41) is 9.86. The van der Waals surface area contributed by atoms with Crippen LogP contribution in [-0.4, -0.2) is 54.6 Å². The van der Waals surface area contributed by atoms with Gasteiger partial charge in [0.15, 0.2) is 9.90 Å². The summed E-state index contributed by atoms with van der Waals surface area (Å²) < 4.78 is 30.7. The monoisotopic (exact) mass is 320 g/mol. The number of piperidine rings is 1. The van der Waals surface area contributed by atoms with Crippen molar-refractivity contribution in [3.05, 3.63) is 11.2 Å². The summed E-state index contributed by atoms with van der Waals surface area (Å²) >= 11 is 0.890. The smallest absolute Gasteiger partial charge is 0.358 e. The van der Waals surface area contributed by atoms with Crippen LogP contribution in [0.5, 0.6) is 0 Å². The van der Waals surface area contributed by atoms with Crippen LogP contribution in [0.4, 0.5) is 0 Å². The molecule has 0 saturated carbocycles. The van der Waals surface area contributed by atoms with E-state index in [1.54, 1.807) is 6.92 Å². The average Bonchev–Trinajstić information content (AvgIpc) is 2.87. The molecule has 0 aromatic carbocycles. The van der Waals surface area contributed by atoms with Gasteiger partial charge in [-0.05, 0) is 19.8 Å². The number of rotatable bonds is 3. The number of esters is 1. The van der Waals surface area contributed by atoms with Gasteiger partial charge in [0, 0.05) is 13.1 Å². The molecule has 0 aliphatic carbocycles. The van der Waals surface area contributed by atoms with Gasteiger partial charge in [0.05, 0.1) is 18.2 Å². The van der Waals surface area contributed by atoms with Crippen molar-refractivity contribution in [1.29, 1.82) is 0 Å². The minimum Gasteiger partial charge on any atom is -0.464 e. The molecule has 9 heteroatoms. The third kappa shape index (κ3) is 2.85. The number of carbonyl (C=O) groups is 1. The van der Waals surface area contributed by atoms with Gasteiger partial charge < -0.3 is 9.84 Å². The molecule has 1 aliphatic heterocycles. The Morgan fingerprint density at radius 3 is 2.65 bits per heavy atom. The van der Waals surface area contributed by atoms with Gasteiger partial charge in [-0.2, -0.15) is 4.31 Å². The molecule has 1 fully saturated rings. The fourth-order valence-corrected chi connectivity index (χ4v) is 4.69. The molecule has 1 aromatic heterocycles. The fraction of sp³-hybridized carbons (Fsp3) is 0.636. The molecule has 112 valence electrons. The molecule has 7 nitrogen and oxygen atoms in total. The summed E-state index contributed by atoms with van der Waals surface area (Å²) in [5.41, 5.74) is 0.277. The number of carbonyl (C=O) groups excluding carboxylic acids is 1. The van der Waals surface area contributed by atoms with Gasteiger partial charge in [0.2, 0.25) is 0 Å². The average molecular weight is 320 g/mol. The maximum atomic E-state index is 12.5. The van der Waals surface area contributed by atoms with Gasteiger partial charge in [0.1, 0.15) is 0 Å². The predicted molar refractivity (Wildman–Crippen MR) is 72.1 cm³/mol. The second-order valence-corrected chi connectivity index (χ2v) is 7.87. The van der Waals surface area contributed by atoms with Crippen LogP contribution < -0.4 is 0 Å². The Kier molecular flexibility index (Phi) is 4.14. The lowest BCUT2D eigenvalue weighted by atomic mass is 9.95. The lowest BCUT2D eigenvalue weighted by Gasteiger charge is -2.34. The van der Waals surface area contributed by atoms with Crippen LogP contribution in [-0.2, 0) is 14.8 Å². The summed E-state index contributed by atoms with van der Waals surface area (Å²) in [5.74, 6) is -0.770. The number of hydrogen-bond donors (Lipinski definition) is 1. The molecular formula is C11H16N2O5S2. The molecule has 1 N–H and O–H groups in total. The van der Waals surface area contributed by atoms with Gasteiger partial charge in [0.25, 0.3) is 10.0 Å². The topological polar surface area (TPSA) is 96.8 Å². The summed E-state index contributed by atoms with van der Waals surface area (Å²) in [6.07, 6.45) is 0.719. The zero-order valence-electron chi connectivity index (χ0n) is 11.2. The van der Waals surface area contributed by atoms with Gasteiger partial charge in [-0.3, -0.25) is 0 Å². The van der Waals surface area contributed by atoms with E-state index < -0.39 is 21.6 Å². The first kappa shape index (κ1) is 15.4. The number of nitrogens with zero attached hydrogens (tertiary/aromatic N) is 2. The third-order valence-electron chi connectivity index (χ3n) is 3.29. The van der Waals surface area contributed by atoms with Gasteiger partial charge >= 0.3 is 5.97 Å². The lowest BCUT2D eigenvalue weighted by molar-refractivity contribution is 0.0126. The van der Waals surface area contributed by atoms with Crippen LogP contribution in [0.15, 0.2) is 9.72 Å². The zero-order chi connectivity index (χ0) is 15.0. The Hall–Kier alpha value is -1.03. The molecule has 0 spiro atoms. The van der Waals surface area contributed by atoms with Crippen molar-refractivity contribution < 1.29 is 23.1 Å². The Bertz CT molecular complexity index is 598. The van der Waals surface area contributed by atoms with Crippen molar-refractivity contribution in [3.63, 3.8) is 0 Å². The highest BCUT2D eigenvalue weighted by atomic mass is 32.2. The maximum absolute atomic E-state index is 12.5. The van der Waals surface area contributed by atoms with E-state index in [4.69, 9.17) is 0 Å². The van der Waals surface area contributed by atoms with Crippen LogP contribution in [0.3, 0.4) is 0 Å². The van der Waals surface area contributed by atoms with Crippen LogP contribution in [0, 0.1) is 0 Å². The van der Waals surface area contributed by atoms with Crippen molar-refractivity contribution in [2.45, 2.75) is 29.6 Å². The fourth-order valence-electron chi connectivity index (χ4n) is 1.98. The first-order valence-corrected chi connectivity index (χ1v) is 8.34. The molecule has 2 heterocycles. The van der Waals surface area contributed by atoms with Crippen molar-refractivity contribution in [1.82, 2.24) is 9.29 Å². The lowest BCUT2D eigenvalue weighted by Crippen LogP contribution is -2.45. The first-order valence-electron chi connectivity index (χ1n) is 6.02. The molecular weight excluding hydrogens is 304 g/mol. The molecule has 2 rings (SSSR count). The standard InChI is InChI=1S/C11H16N2O5S2/c1-11(15)3-5-13(6-4-11)20(16,17)10-8(9(14)18-2)12-7-19-10/h7,15H,3-6H2,1-2H3. The molecule has 1 aromatic rings. The number of methoxy groups -OCH3 is 1. The van der Waals surface area contributed by atoms with E-state index in [-0.39, 0.29) is 23.0 Å². The first-order chi connectivity index (χ1) is 9.28. The zero-order valence-corrected chi connectivity index (χ0v) is 12.8. The molecule has 0 atom stereocenters. The number of thiazole rings is 1. The highest BCUT2D eigenvalue weighted by Crippen LogP contribution is 2.29. The van der Waals surface area contributed by atoms with E-state index in [9.17, 15) is 18.3 Å². The highest BCUT2D eigenvalue weighted by molar-refractivity contribution is 7.91. The van der Waals surface area contributed by atoms with E-state index >= 15 is 0 Å². The van der Waals surface area contributed by atoms with Gasteiger partial charge in [-0.25, -0.2) is 18.2 Å². The third-order valence-corrected chi connectivity index (χ3v) is 6.53. The molecule has 1 saturated heterocycles. The molecule has 0 amide bonds. The minimum atomic E-state index is -3.78. The van der Waals surface area contributed by atoms with Crippen LogP contribution in [0.1, 0.15) is 30.3 Å². The second kappa shape index (κ2) is 5.40. The predicted octanol–water partition coefficient (Wildman–Crippen LogP) is 0.465. The number of sulfonamides is 1. The Balaban J connectivity index is 2.28. The maximum Gasteiger partial charge on any atom is 0.358 e. The highest BCUT2D eigenvalue weighted by Gasteiger charge is 2.37. The molecule has 20 heavy (non-hydrogen) atoms. The summed E-state index contributed by atoms with van der Waals surface area (Å²) in [6.45, 7) is 2.12. The van der Waals surface area contributed by atoms with Crippen LogP contribution in [0.25, 0.3) is 0 Å². The van der Waals surface area contributed by atoms with Crippen LogP contribution >= 0.6 is 11.3 Å². The van der Waals surface area contributed by atoms with Crippen LogP contribution in [0.2, 0.25) is 0 Å². The van der Waals surface area contributed by atoms with E-state index in [0.29, 0.717) is 12.8 Å². The number of aromatic nitrogens is 1. The Morgan fingerprint density at radius 1 is 1.50 bits per heavy atom. The van der Waals surface area contributed by atoms with E-state index in [2.05, 4.69) is 9.72 Å². The Morgan fingerprint density at radius 2 is 2.10 bits per heavy atom. The van der Waals surface area contributed by atoms with E-state index in [0.717, 1.165) is 11.3 Å². The summed E-state index contributed by atoms with van der Waals surface area (Å²) in [7, 11) is -2.60. The second-order valence-electron chi connectivity index (χ2n) is 4.88. The minimum absolute atomic E-state index is 0.106. The molecule has 0 unspecified atom stereocenters. The summed E-state index contributed by atoms with van der Waals surface area (Å²) in [4.78, 5) is 15.3. The van der Waals surface area contributed by atoms with Gasteiger partial charge in [-0.1, -0.05) is 0 Å². The number of aliphatic hydroxyl groups is 1. The largest absolute Gasteiger partial charge is 0.464 e. The summed E-state index contributed by atoms with van der Waals surface area (Å²) in [6, 6.07) is 0. The van der Waals surface area contributed by atoms with E-state index in [1.807, 2.05) is 0 Å². The van der Waals surface area contributed by atoms with Crippen molar-refractivity contribution in [2.75, 3.05) is 20.2 Å². The van der Waals surface area contributed by atoms with Crippen molar-refractivity contribution in [2.24, 2.45) is 0 Å². The molecule has 0 bridgehead atoms. The van der Waals surface area contributed by atoms with Crippen molar-refractivity contribution >= 4 is 27.3 Å². The van der Waals surface area contributed by atoms with Crippen molar-refractivity contribution in [3.8, 4) is 0 Å².